The minimum absolute atomic E-state index is 0.230. The van der Waals surface area contributed by atoms with Crippen LogP contribution >= 0.6 is 23.2 Å². The van der Waals surface area contributed by atoms with Crippen molar-refractivity contribution in [3.8, 4) is 0 Å². The first-order valence-corrected chi connectivity index (χ1v) is 9.77. The summed E-state index contributed by atoms with van der Waals surface area (Å²) in [6.45, 7) is 1.99. The van der Waals surface area contributed by atoms with Gasteiger partial charge in [0.15, 0.2) is 0 Å². The molecule has 3 unspecified atom stereocenters. The van der Waals surface area contributed by atoms with Crippen molar-refractivity contribution >= 4 is 29.1 Å². The number of rotatable bonds is 4. The van der Waals surface area contributed by atoms with Crippen LogP contribution in [0.5, 0.6) is 0 Å². The molecule has 1 heterocycles. The van der Waals surface area contributed by atoms with Gasteiger partial charge in [0.2, 0.25) is 0 Å². The Bertz CT molecular complexity index is 923. The zero-order valence-corrected chi connectivity index (χ0v) is 16.9. The number of hydrogen-bond acceptors (Lipinski definition) is 3. The van der Waals surface area contributed by atoms with Gasteiger partial charge in [-0.2, -0.15) is 13.2 Å². The Labute approximate surface area is 176 Å². The number of aliphatic hydroxyl groups is 1. The van der Waals surface area contributed by atoms with Gasteiger partial charge in [-0.1, -0.05) is 42.3 Å². The number of halogens is 5. The van der Waals surface area contributed by atoms with Crippen LogP contribution < -0.4 is 5.32 Å². The fraction of sp³-hybridized carbons (Fsp3) is 0.400. The van der Waals surface area contributed by atoms with E-state index in [9.17, 15) is 23.1 Å². The monoisotopic (exact) mass is 446 g/mol. The van der Waals surface area contributed by atoms with Crippen LogP contribution in [-0.4, -0.2) is 21.6 Å². The lowest BCUT2D eigenvalue weighted by atomic mass is 9.86. The van der Waals surface area contributed by atoms with E-state index in [-0.39, 0.29) is 5.92 Å². The van der Waals surface area contributed by atoms with Crippen molar-refractivity contribution in [2.45, 2.75) is 44.0 Å². The van der Waals surface area contributed by atoms with Crippen LogP contribution in [0.2, 0.25) is 10.0 Å². The zero-order chi connectivity index (χ0) is 21.4. The molecule has 3 atom stereocenters. The number of aromatic nitrogens is 1. The summed E-state index contributed by atoms with van der Waals surface area (Å²) in [5.41, 5.74) is -2.42. The Morgan fingerprint density at radius 2 is 2.07 bits per heavy atom. The van der Waals surface area contributed by atoms with E-state index in [1.54, 1.807) is 24.3 Å². The molecule has 1 fully saturated rings. The predicted molar refractivity (Wildman–Crippen MR) is 104 cm³/mol. The summed E-state index contributed by atoms with van der Waals surface area (Å²) < 4.78 is 39.3. The topological polar surface area (TPSA) is 62.2 Å². The molecule has 3 rings (SSSR count). The number of nitrogens with zero attached hydrogens (tertiary/aromatic N) is 1. The molecule has 2 aromatic rings. The summed E-state index contributed by atoms with van der Waals surface area (Å²) >= 11 is 11.9. The second-order valence-electron chi connectivity index (χ2n) is 7.43. The maximum Gasteiger partial charge on any atom is 0.417 e. The number of nitrogens with one attached hydrogen (secondary N) is 1. The third-order valence-electron chi connectivity index (χ3n) is 5.18. The van der Waals surface area contributed by atoms with Crippen LogP contribution in [0.15, 0.2) is 36.5 Å². The number of carbonyl (C=O) groups excluding carboxylic acids is 1. The molecule has 9 heteroatoms. The number of pyridine rings is 1. The summed E-state index contributed by atoms with van der Waals surface area (Å²) in [5.74, 6) is -0.673. The quantitative estimate of drug-likeness (QED) is 0.657. The van der Waals surface area contributed by atoms with E-state index in [0.29, 0.717) is 29.5 Å². The van der Waals surface area contributed by atoms with E-state index in [2.05, 4.69) is 10.3 Å². The van der Waals surface area contributed by atoms with E-state index in [0.717, 1.165) is 12.6 Å². The molecular weight excluding hydrogens is 428 g/mol. The Morgan fingerprint density at radius 1 is 1.34 bits per heavy atom. The fourth-order valence-electron chi connectivity index (χ4n) is 3.80. The molecule has 0 saturated heterocycles. The summed E-state index contributed by atoms with van der Waals surface area (Å²) in [6.07, 6.45) is -2.24. The molecule has 1 aliphatic carbocycles. The summed E-state index contributed by atoms with van der Waals surface area (Å²) in [6, 6.07) is 6.45. The molecule has 0 bridgehead atoms. The lowest BCUT2D eigenvalue weighted by molar-refractivity contribution is -0.137. The molecule has 0 spiro atoms. The maximum atomic E-state index is 13.1. The van der Waals surface area contributed by atoms with E-state index in [1.807, 2.05) is 6.92 Å². The summed E-state index contributed by atoms with van der Waals surface area (Å²) in [4.78, 5) is 16.6. The van der Waals surface area contributed by atoms with Crippen LogP contribution in [0.3, 0.4) is 0 Å². The van der Waals surface area contributed by atoms with Gasteiger partial charge < -0.3 is 10.4 Å². The van der Waals surface area contributed by atoms with Crippen LogP contribution in [0.25, 0.3) is 0 Å². The number of carbonyl (C=O) groups is 1. The first-order valence-electron chi connectivity index (χ1n) is 9.01. The molecule has 1 saturated carbocycles. The summed E-state index contributed by atoms with van der Waals surface area (Å²) in [7, 11) is 0. The van der Waals surface area contributed by atoms with Gasteiger partial charge in [-0.15, -0.1) is 0 Å². The van der Waals surface area contributed by atoms with E-state index >= 15 is 0 Å². The molecule has 29 heavy (non-hydrogen) atoms. The maximum absolute atomic E-state index is 13.1. The Kier molecular flexibility index (Phi) is 6.13. The van der Waals surface area contributed by atoms with Crippen LogP contribution in [0.4, 0.5) is 13.2 Å². The van der Waals surface area contributed by atoms with E-state index in [4.69, 9.17) is 23.2 Å². The normalized spacial score (nSPS) is 23.1. The molecule has 2 N–H and O–H groups in total. The van der Waals surface area contributed by atoms with Crippen molar-refractivity contribution in [3.63, 3.8) is 0 Å². The van der Waals surface area contributed by atoms with Gasteiger partial charge in [0, 0.05) is 11.2 Å². The molecule has 4 nitrogen and oxygen atoms in total. The van der Waals surface area contributed by atoms with Crippen LogP contribution in [0.1, 0.15) is 53.8 Å². The van der Waals surface area contributed by atoms with Crippen LogP contribution in [-0.2, 0) is 6.18 Å². The van der Waals surface area contributed by atoms with E-state index < -0.39 is 40.0 Å². The molecule has 1 aliphatic rings. The van der Waals surface area contributed by atoms with Gasteiger partial charge in [0.1, 0.15) is 5.69 Å². The minimum Gasteiger partial charge on any atom is -0.387 e. The number of amides is 1. The average Bonchev–Trinajstić information content (AvgIpc) is 2.98. The third-order valence-corrected chi connectivity index (χ3v) is 5.79. The minimum atomic E-state index is -4.72. The first kappa shape index (κ1) is 21.9. The number of hydrogen-bond donors (Lipinski definition) is 2. The SMILES string of the molecule is CC1CCC(O)(C(NC(=O)c2nccc(C(F)(F)F)c2Cl)c2cccc(Cl)c2)C1. The Hall–Kier alpha value is -1.83. The highest BCUT2D eigenvalue weighted by molar-refractivity contribution is 6.34. The second-order valence-corrected chi connectivity index (χ2v) is 8.25. The first-order chi connectivity index (χ1) is 13.5. The van der Waals surface area contributed by atoms with Crippen molar-refractivity contribution in [2.24, 2.45) is 5.92 Å². The van der Waals surface area contributed by atoms with Gasteiger partial charge in [-0.25, -0.2) is 4.98 Å². The molecule has 156 valence electrons. The standard InChI is InChI=1S/C20H19Cl2F3N2O2/c1-11-5-7-19(29,10-11)17(12-3-2-4-13(21)9-12)27-18(28)16-15(22)14(6-8-26-16)20(23,24)25/h2-4,6,8-9,11,17,29H,5,7,10H2,1H3,(H,27,28). The van der Waals surface area contributed by atoms with Gasteiger partial charge in [-0.05, 0) is 48.9 Å². The lowest BCUT2D eigenvalue weighted by Crippen LogP contribution is -2.45. The highest BCUT2D eigenvalue weighted by atomic mass is 35.5. The van der Waals surface area contributed by atoms with E-state index in [1.165, 1.54) is 0 Å². The van der Waals surface area contributed by atoms with Crippen molar-refractivity contribution in [2.75, 3.05) is 0 Å². The summed E-state index contributed by atoms with van der Waals surface area (Å²) in [5, 5.41) is 13.5. The molecule has 1 amide bonds. The Balaban J connectivity index is 1.98. The largest absolute Gasteiger partial charge is 0.417 e. The Morgan fingerprint density at radius 3 is 2.66 bits per heavy atom. The van der Waals surface area contributed by atoms with Gasteiger partial charge in [0.25, 0.3) is 5.91 Å². The predicted octanol–water partition coefficient (Wildman–Crippen LogP) is 5.43. The fourth-order valence-corrected chi connectivity index (χ4v) is 4.30. The third kappa shape index (κ3) is 4.68. The van der Waals surface area contributed by atoms with Crippen molar-refractivity contribution in [1.82, 2.24) is 10.3 Å². The van der Waals surface area contributed by atoms with Crippen molar-refractivity contribution in [3.05, 3.63) is 63.4 Å². The molecule has 0 aliphatic heterocycles. The zero-order valence-electron chi connectivity index (χ0n) is 15.4. The number of alkyl halides is 3. The molecule has 1 aromatic carbocycles. The van der Waals surface area contributed by atoms with Gasteiger partial charge >= 0.3 is 6.18 Å². The van der Waals surface area contributed by atoms with Crippen LogP contribution in [0, 0.1) is 5.92 Å². The molecule has 0 radical (unpaired) electrons. The van der Waals surface area contributed by atoms with Crippen molar-refractivity contribution < 1.29 is 23.1 Å². The molecular formula is C20H19Cl2F3N2O2. The highest BCUT2D eigenvalue weighted by Crippen LogP contribution is 2.43. The van der Waals surface area contributed by atoms with Gasteiger partial charge in [0.05, 0.1) is 22.2 Å². The number of benzene rings is 1. The smallest absolute Gasteiger partial charge is 0.387 e. The van der Waals surface area contributed by atoms with Gasteiger partial charge in [-0.3, -0.25) is 4.79 Å². The lowest BCUT2D eigenvalue weighted by Gasteiger charge is -2.34. The highest BCUT2D eigenvalue weighted by Gasteiger charge is 2.44. The van der Waals surface area contributed by atoms with Crippen molar-refractivity contribution in [1.29, 1.82) is 0 Å². The molecule has 1 aromatic heterocycles. The average molecular weight is 447 g/mol. The second kappa shape index (κ2) is 8.13.